The van der Waals surface area contributed by atoms with Crippen LogP contribution in [0.5, 0.6) is 0 Å². The van der Waals surface area contributed by atoms with Crippen LogP contribution in [-0.2, 0) is 0 Å². The van der Waals surface area contributed by atoms with Crippen LogP contribution in [0.4, 0.5) is 5.69 Å². The Morgan fingerprint density at radius 2 is 2.50 bits per heavy atom. The van der Waals surface area contributed by atoms with Crippen LogP contribution in [0.25, 0.3) is 0 Å². The molecule has 2 unspecified atom stereocenters. The SMILES string of the molecule is CC1CCN(C(=O)c2cnccc2NN)C1CO. The Morgan fingerprint density at radius 3 is 3.17 bits per heavy atom. The number of nitrogens with two attached hydrogens (primary N) is 1. The predicted octanol–water partition coefficient (Wildman–Crippen LogP) is 0.210. The summed E-state index contributed by atoms with van der Waals surface area (Å²) < 4.78 is 0. The van der Waals surface area contributed by atoms with E-state index in [0.29, 0.717) is 23.7 Å². The lowest BCUT2D eigenvalue weighted by atomic mass is 10.0. The van der Waals surface area contributed by atoms with E-state index < -0.39 is 0 Å². The van der Waals surface area contributed by atoms with Crippen molar-refractivity contribution in [3.05, 3.63) is 24.0 Å². The number of nitrogen functional groups attached to an aromatic ring is 1. The lowest BCUT2D eigenvalue weighted by Gasteiger charge is -2.25. The van der Waals surface area contributed by atoms with E-state index in [1.54, 1.807) is 17.2 Å². The number of pyridine rings is 1. The number of aromatic nitrogens is 1. The first-order valence-electron chi connectivity index (χ1n) is 6.01. The second-order valence-electron chi connectivity index (χ2n) is 4.58. The van der Waals surface area contributed by atoms with Gasteiger partial charge in [-0.25, -0.2) is 0 Å². The number of nitrogens with zero attached hydrogens (tertiary/aromatic N) is 2. The number of aliphatic hydroxyl groups excluding tert-OH is 1. The van der Waals surface area contributed by atoms with Crippen molar-refractivity contribution in [1.29, 1.82) is 0 Å². The number of aliphatic hydroxyl groups is 1. The zero-order valence-corrected chi connectivity index (χ0v) is 10.3. The summed E-state index contributed by atoms with van der Waals surface area (Å²) >= 11 is 0. The molecule has 6 nitrogen and oxygen atoms in total. The van der Waals surface area contributed by atoms with Crippen LogP contribution in [0.1, 0.15) is 23.7 Å². The Morgan fingerprint density at radius 1 is 1.72 bits per heavy atom. The topological polar surface area (TPSA) is 91.5 Å². The van der Waals surface area contributed by atoms with Gasteiger partial charge in [0.15, 0.2) is 0 Å². The van der Waals surface area contributed by atoms with E-state index in [0.717, 1.165) is 6.42 Å². The molecule has 0 aliphatic carbocycles. The molecular formula is C12H18N4O2. The molecule has 2 atom stereocenters. The van der Waals surface area contributed by atoms with E-state index in [9.17, 15) is 9.90 Å². The summed E-state index contributed by atoms with van der Waals surface area (Å²) in [5.74, 6) is 5.55. The van der Waals surface area contributed by atoms with Gasteiger partial charge in [-0.1, -0.05) is 6.92 Å². The maximum Gasteiger partial charge on any atom is 0.257 e. The minimum Gasteiger partial charge on any atom is -0.394 e. The van der Waals surface area contributed by atoms with Crippen LogP contribution in [0.2, 0.25) is 0 Å². The first kappa shape index (κ1) is 12.8. The van der Waals surface area contributed by atoms with Crippen molar-refractivity contribution in [3.8, 4) is 0 Å². The number of anilines is 1. The maximum atomic E-state index is 12.4. The Labute approximate surface area is 106 Å². The van der Waals surface area contributed by atoms with Gasteiger partial charge in [0.1, 0.15) is 0 Å². The van der Waals surface area contributed by atoms with Gasteiger partial charge in [-0.3, -0.25) is 15.6 Å². The Hall–Kier alpha value is -1.66. The highest BCUT2D eigenvalue weighted by Crippen LogP contribution is 2.26. The van der Waals surface area contributed by atoms with E-state index in [-0.39, 0.29) is 18.6 Å². The molecule has 0 aromatic carbocycles. The largest absolute Gasteiger partial charge is 0.394 e. The van der Waals surface area contributed by atoms with E-state index in [1.807, 2.05) is 6.92 Å². The Balaban J connectivity index is 2.26. The second-order valence-corrected chi connectivity index (χ2v) is 4.58. The number of nitrogens with one attached hydrogen (secondary N) is 1. The highest BCUT2D eigenvalue weighted by Gasteiger charge is 2.34. The zero-order valence-electron chi connectivity index (χ0n) is 10.3. The van der Waals surface area contributed by atoms with Gasteiger partial charge in [0.2, 0.25) is 0 Å². The molecule has 1 aliphatic heterocycles. The molecule has 18 heavy (non-hydrogen) atoms. The van der Waals surface area contributed by atoms with Crippen LogP contribution in [0, 0.1) is 5.92 Å². The summed E-state index contributed by atoms with van der Waals surface area (Å²) in [7, 11) is 0. The van der Waals surface area contributed by atoms with Crippen LogP contribution in [0.3, 0.4) is 0 Å². The molecule has 1 aromatic heterocycles. The number of rotatable bonds is 3. The predicted molar refractivity (Wildman–Crippen MR) is 67.7 cm³/mol. The van der Waals surface area contributed by atoms with Gasteiger partial charge in [-0.15, -0.1) is 0 Å². The van der Waals surface area contributed by atoms with Crippen LogP contribution in [-0.4, -0.2) is 40.1 Å². The second kappa shape index (κ2) is 5.32. The Kier molecular flexibility index (Phi) is 3.78. The third kappa shape index (κ3) is 2.16. The zero-order chi connectivity index (χ0) is 13.1. The van der Waals surface area contributed by atoms with Gasteiger partial charge >= 0.3 is 0 Å². The molecule has 2 heterocycles. The standard InChI is InChI=1S/C12H18N4O2/c1-8-3-5-16(11(8)7-17)12(18)9-6-14-4-2-10(9)15-13/h2,4,6,8,11,17H,3,5,7,13H2,1H3,(H,14,15). The Bertz CT molecular complexity index is 438. The lowest BCUT2D eigenvalue weighted by Crippen LogP contribution is -2.40. The van der Waals surface area contributed by atoms with Crippen molar-refractivity contribution in [3.63, 3.8) is 0 Å². The van der Waals surface area contributed by atoms with E-state index in [2.05, 4.69) is 10.4 Å². The van der Waals surface area contributed by atoms with E-state index in [4.69, 9.17) is 5.84 Å². The molecule has 4 N–H and O–H groups in total. The highest BCUT2D eigenvalue weighted by atomic mass is 16.3. The molecule has 1 saturated heterocycles. The third-order valence-electron chi connectivity index (χ3n) is 3.54. The molecular weight excluding hydrogens is 232 g/mol. The summed E-state index contributed by atoms with van der Waals surface area (Å²) in [6.45, 7) is 2.68. The number of amides is 1. The van der Waals surface area contributed by atoms with Gasteiger partial charge in [0, 0.05) is 18.9 Å². The first-order valence-corrected chi connectivity index (χ1v) is 6.01. The van der Waals surface area contributed by atoms with E-state index in [1.165, 1.54) is 6.20 Å². The number of carbonyl (C=O) groups excluding carboxylic acids is 1. The molecule has 0 spiro atoms. The molecule has 0 bridgehead atoms. The van der Waals surface area contributed by atoms with Crippen molar-refractivity contribution >= 4 is 11.6 Å². The van der Waals surface area contributed by atoms with Gasteiger partial charge < -0.3 is 15.4 Å². The van der Waals surface area contributed by atoms with Crippen molar-refractivity contribution < 1.29 is 9.90 Å². The fourth-order valence-electron chi connectivity index (χ4n) is 2.38. The molecule has 6 heteroatoms. The van der Waals surface area contributed by atoms with Gasteiger partial charge in [0.25, 0.3) is 5.91 Å². The van der Waals surface area contributed by atoms with Crippen LogP contribution < -0.4 is 11.3 Å². The highest BCUT2D eigenvalue weighted by molar-refractivity contribution is 5.99. The average molecular weight is 250 g/mol. The summed E-state index contributed by atoms with van der Waals surface area (Å²) in [4.78, 5) is 18.1. The fraction of sp³-hybridized carbons (Fsp3) is 0.500. The third-order valence-corrected chi connectivity index (χ3v) is 3.54. The average Bonchev–Trinajstić information content (AvgIpc) is 2.78. The number of hydrogen-bond donors (Lipinski definition) is 3. The maximum absolute atomic E-state index is 12.4. The molecule has 98 valence electrons. The van der Waals surface area contributed by atoms with Gasteiger partial charge in [0.05, 0.1) is 23.9 Å². The van der Waals surface area contributed by atoms with Crippen molar-refractivity contribution in [2.75, 3.05) is 18.6 Å². The first-order chi connectivity index (χ1) is 8.69. The smallest absolute Gasteiger partial charge is 0.257 e. The minimum absolute atomic E-state index is 0.0153. The van der Waals surface area contributed by atoms with Gasteiger partial charge in [-0.2, -0.15) is 0 Å². The lowest BCUT2D eigenvalue weighted by molar-refractivity contribution is 0.0648. The summed E-state index contributed by atoms with van der Waals surface area (Å²) in [6, 6.07) is 1.53. The number of likely N-dealkylation sites (tertiary alicyclic amines) is 1. The molecule has 0 saturated carbocycles. The molecule has 1 aliphatic rings. The van der Waals surface area contributed by atoms with Crippen molar-refractivity contribution in [2.24, 2.45) is 11.8 Å². The summed E-state index contributed by atoms with van der Waals surface area (Å²) in [6.07, 6.45) is 3.97. The summed E-state index contributed by atoms with van der Waals surface area (Å²) in [5, 5.41) is 9.38. The minimum atomic E-state index is -0.139. The van der Waals surface area contributed by atoms with Crippen molar-refractivity contribution in [2.45, 2.75) is 19.4 Å². The summed E-state index contributed by atoms with van der Waals surface area (Å²) in [5.41, 5.74) is 3.48. The number of carbonyl (C=O) groups is 1. The van der Waals surface area contributed by atoms with Crippen molar-refractivity contribution in [1.82, 2.24) is 9.88 Å². The van der Waals surface area contributed by atoms with Gasteiger partial charge in [-0.05, 0) is 18.4 Å². The van der Waals surface area contributed by atoms with Crippen LogP contribution in [0.15, 0.2) is 18.5 Å². The normalized spacial score (nSPS) is 23.2. The van der Waals surface area contributed by atoms with Crippen LogP contribution >= 0.6 is 0 Å². The molecule has 1 amide bonds. The number of hydrazine groups is 1. The van der Waals surface area contributed by atoms with E-state index >= 15 is 0 Å². The molecule has 0 radical (unpaired) electrons. The monoisotopic (exact) mass is 250 g/mol. The quantitative estimate of drug-likeness (QED) is 0.527. The molecule has 2 rings (SSSR count). The molecule has 1 aromatic rings. The molecule has 1 fully saturated rings. The number of hydrogen-bond acceptors (Lipinski definition) is 5. The fourth-order valence-corrected chi connectivity index (χ4v) is 2.38.